The van der Waals surface area contributed by atoms with Crippen molar-refractivity contribution in [2.75, 3.05) is 0 Å². The van der Waals surface area contributed by atoms with Crippen molar-refractivity contribution in [3.8, 4) is 5.75 Å². The molecule has 0 spiro atoms. The van der Waals surface area contributed by atoms with E-state index in [2.05, 4.69) is 26.0 Å². The fourth-order valence-electron chi connectivity index (χ4n) is 2.36. The zero-order chi connectivity index (χ0) is 19.0. The molecule has 26 heavy (non-hydrogen) atoms. The summed E-state index contributed by atoms with van der Waals surface area (Å²) in [5, 5.41) is 25.4. The first-order valence-electron chi connectivity index (χ1n) is 7.18. The van der Waals surface area contributed by atoms with E-state index in [1.807, 2.05) is 0 Å². The number of rotatable bonds is 3. The van der Waals surface area contributed by atoms with E-state index >= 15 is 0 Å². The molecule has 0 bridgehead atoms. The van der Waals surface area contributed by atoms with E-state index in [1.165, 1.54) is 6.07 Å². The van der Waals surface area contributed by atoms with Crippen LogP contribution in [0.25, 0.3) is 10.9 Å². The van der Waals surface area contributed by atoms with Crippen molar-refractivity contribution in [1.29, 1.82) is 0 Å². The fraction of sp³-hybridized carbons (Fsp3) is 0.0625. The summed E-state index contributed by atoms with van der Waals surface area (Å²) in [7, 11) is 0. The average molecular weight is 438 g/mol. The summed E-state index contributed by atoms with van der Waals surface area (Å²) in [6.07, 6.45) is 1.12. The number of halogens is 2. The van der Waals surface area contributed by atoms with Gasteiger partial charge < -0.3 is 5.11 Å². The number of phenols is 1. The Morgan fingerprint density at radius 1 is 1.38 bits per heavy atom. The van der Waals surface area contributed by atoms with E-state index in [1.54, 1.807) is 25.1 Å². The first-order chi connectivity index (χ1) is 12.3. The van der Waals surface area contributed by atoms with Crippen LogP contribution in [-0.2, 0) is 0 Å². The second-order valence-corrected chi connectivity index (χ2v) is 6.65. The molecule has 0 saturated heterocycles. The Morgan fingerprint density at radius 2 is 2.12 bits per heavy atom. The maximum absolute atomic E-state index is 12.6. The maximum atomic E-state index is 12.6. The van der Waals surface area contributed by atoms with Gasteiger partial charge in [0, 0.05) is 21.1 Å². The zero-order valence-electron chi connectivity index (χ0n) is 13.2. The van der Waals surface area contributed by atoms with Gasteiger partial charge in [-0.25, -0.2) is 4.98 Å². The molecule has 1 N–H and O–H groups in total. The number of nitro benzene ring substituents is 1. The lowest BCUT2D eigenvalue weighted by Gasteiger charge is -2.06. The smallest absolute Gasteiger partial charge is 0.312 e. The fourth-order valence-corrected chi connectivity index (χ4v) is 2.94. The van der Waals surface area contributed by atoms with Crippen molar-refractivity contribution in [2.24, 2.45) is 5.10 Å². The molecular weight excluding hydrogens is 428 g/mol. The highest BCUT2D eigenvalue weighted by Gasteiger charge is 2.18. The van der Waals surface area contributed by atoms with Crippen LogP contribution in [0.1, 0.15) is 11.4 Å². The molecule has 3 rings (SSSR count). The Bertz CT molecular complexity index is 1140. The Morgan fingerprint density at radius 3 is 2.81 bits per heavy atom. The van der Waals surface area contributed by atoms with Crippen LogP contribution in [0, 0.1) is 17.0 Å². The summed E-state index contributed by atoms with van der Waals surface area (Å²) in [6, 6.07) is 7.43. The van der Waals surface area contributed by atoms with Crippen molar-refractivity contribution < 1.29 is 10.0 Å². The standard InChI is InChI=1S/C16H10BrClN4O4/c1-8-20-13-3-2-10(17)5-12(13)16(24)21(8)19-7-9-4-11(18)6-14(15(9)23)22(25)26/h2-7,23H,1H3. The van der Waals surface area contributed by atoms with Crippen LogP contribution >= 0.6 is 27.5 Å². The lowest BCUT2D eigenvalue weighted by Crippen LogP contribution is -2.20. The molecule has 0 radical (unpaired) electrons. The number of benzene rings is 2. The second-order valence-electron chi connectivity index (χ2n) is 5.30. The minimum atomic E-state index is -0.759. The van der Waals surface area contributed by atoms with Gasteiger partial charge in [-0.15, -0.1) is 0 Å². The van der Waals surface area contributed by atoms with Gasteiger partial charge in [0.2, 0.25) is 5.75 Å². The SMILES string of the molecule is Cc1nc2ccc(Br)cc2c(=O)n1N=Cc1cc(Cl)cc([N+](=O)[O-])c1O. The predicted octanol–water partition coefficient (Wildman–Crippen LogP) is 3.62. The van der Waals surface area contributed by atoms with E-state index in [0.29, 0.717) is 21.2 Å². The topological polar surface area (TPSA) is 111 Å². The third-order valence-corrected chi connectivity index (χ3v) is 4.27. The number of hydrogen-bond donors (Lipinski definition) is 1. The molecule has 8 nitrogen and oxygen atoms in total. The van der Waals surface area contributed by atoms with Gasteiger partial charge in [-0.05, 0) is 31.2 Å². The monoisotopic (exact) mass is 436 g/mol. The third kappa shape index (κ3) is 3.31. The predicted molar refractivity (Wildman–Crippen MR) is 101 cm³/mol. The van der Waals surface area contributed by atoms with Crippen molar-refractivity contribution in [1.82, 2.24) is 9.66 Å². The maximum Gasteiger partial charge on any atom is 0.312 e. The quantitative estimate of drug-likeness (QED) is 0.382. The van der Waals surface area contributed by atoms with Gasteiger partial charge in [-0.1, -0.05) is 27.5 Å². The third-order valence-electron chi connectivity index (χ3n) is 3.56. The highest BCUT2D eigenvalue weighted by Crippen LogP contribution is 2.32. The van der Waals surface area contributed by atoms with E-state index in [4.69, 9.17) is 11.6 Å². The number of aryl methyl sites for hydroxylation is 1. The number of hydrogen-bond acceptors (Lipinski definition) is 6. The zero-order valence-corrected chi connectivity index (χ0v) is 15.5. The summed E-state index contributed by atoms with van der Waals surface area (Å²) in [4.78, 5) is 27.1. The lowest BCUT2D eigenvalue weighted by molar-refractivity contribution is -0.385. The number of nitro groups is 1. The molecule has 0 atom stereocenters. The number of nitrogens with zero attached hydrogens (tertiary/aromatic N) is 4. The molecule has 1 aromatic heterocycles. The van der Waals surface area contributed by atoms with Crippen LogP contribution < -0.4 is 5.56 Å². The van der Waals surface area contributed by atoms with Crippen LogP contribution in [-0.4, -0.2) is 25.9 Å². The Kier molecular flexibility index (Phi) is 4.75. The van der Waals surface area contributed by atoms with Gasteiger partial charge in [0.25, 0.3) is 5.56 Å². The van der Waals surface area contributed by atoms with Crippen LogP contribution in [0.4, 0.5) is 5.69 Å². The first-order valence-corrected chi connectivity index (χ1v) is 8.35. The summed E-state index contributed by atoms with van der Waals surface area (Å²) in [5.41, 5.74) is -0.446. The number of fused-ring (bicyclic) bond motifs is 1. The Labute approximate surface area is 159 Å². The number of aromatic nitrogens is 2. The summed E-state index contributed by atoms with van der Waals surface area (Å²) in [6.45, 7) is 1.60. The lowest BCUT2D eigenvalue weighted by atomic mass is 10.2. The van der Waals surface area contributed by atoms with E-state index in [-0.39, 0.29) is 10.6 Å². The molecule has 132 valence electrons. The molecule has 1 heterocycles. The van der Waals surface area contributed by atoms with Crippen molar-refractivity contribution >= 4 is 50.3 Å². The molecule has 0 unspecified atom stereocenters. The molecule has 0 amide bonds. The summed E-state index contributed by atoms with van der Waals surface area (Å²) < 4.78 is 1.76. The number of phenolic OH excluding ortho intramolecular Hbond substituents is 1. The van der Waals surface area contributed by atoms with Gasteiger partial charge in [0.15, 0.2) is 0 Å². The minimum Gasteiger partial charge on any atom is -0.502 e. The first kappa shape index (κ1) is 18.0. The van der Waals surface area contributed by atoms with Crippen molar-refractivity contribution in [3.05, 3.63) is 71.7 Å². The van der Waals surface area contributed by atoms with Gasteiger partial charge in [0.05, 0.1) is 22.0 Å². The van der Waals surface area contributed by atoms with Crippen LogP contribution in [0.5, 0.6) is 5.75 Å². The Balaban J connectivity index is 2.15. The van der Waals surface area contributed by atoms with Crippen LogP contribution in [0.2, 0.25) is 5.02 Å². The molecular formula is C16H10BrClN4O4. The molecule has 0 fully saturated rings. The molecule has 3 aromatic rings. The second kappa shape index (κ2) is 6.85. The molecule has 0 saturated carbocycles. The van der Waals surface area contributed by atoms with Gasteiger partial charge in [-0.2, -0.15) is 9.78 Å². The molecule has 0 aliphatic carbocycles. The highest BCUT2D eigenvalue weighted by molar-refractivity contribution is 9.10. The van der Waals surface area contributed by atoms with Crippen molar-refractivity contribution in [3.63, 3.8) is 0 Å². The normalized spacial score (nSPS) is 11.3. The molecule has 10 heteroatoms. The van der Waals surface area contributed by atoms with Crippen LogP contribution in [0.15, 0.2) is 44.7 Å². The molecule has 2 aromatic carbocycles. The largest absolute Gasteiger partial charge is 0.502 e. The Hall–Kier alpha value is -2.78. The van der Waals surface area contributed by atoms with Gasteiger partial charge in [0.1, 0.15) is 5.82 Å². The summed E-state index contributed by atoms with van der Waals surface area (Å²) in [5.74, 6) is -0.276. The average Bonchev–Trinajstić information content (AvgIpc) is 2.57. The van der Waals surface area contributed by atoms with Crippen LogP contribution in [0.3, 0.4) is 0 Å². The summed E-state index contributed by atoms with van der Waals surface area (Å²) >= 11 is 9.14. The molecule has 0 aliphatic rings. The number of aromatic hydroxyl groups is 1. The van der Waals surface area contributed by atoms with Gasteiger partial charge in [-0.3, -0.25) is 14.9 Å². The van der Waals surface area contributed by atoms with E-state index in [0.717, 1.165) is 17.0 Å². The van der Waals surface area contributed by atoms with E-state index in [9.17, 15) is 20.0 Å². The highest BCUT2D eigenvalue weighted by atomic mass is 79.9. The van der Waals surface area contributed by atoms with Crippen molar-refractivity contribution in [2.45, 2.75) is 6.92 Å². The van der Waals surface area contributed by atoms with E-state index < -0.39 is 21.9 Å². The minimum absolute atomic E-state index is 0.00448. The molecule has 0 aliphatic heterocycles. The van der Waals surface area contributed by atoms with Gasteiger partial charge >= 0.3 is 5.69 Å².